The molecule has 0 bridgehead atoms. The van der Waals surface area contributed by atoms with Crippen molar-refractivity contribution in [1.29, 1.82) is 0 Å². The molecule has 0 amide bonds. The number of nitrogens with two attached hydrogens (primary N) is 1. The molecule has 4 heteroatoms. The summed E-state index contributed by atoms with van der Waals surface area (Å²) >= 11 is 0. The normalized spacial score (nSPS) is 24.9. The lowest BCUT2D eigenvalue weighted by atomic mass is 9.94. The first kappa shape index (κ1) is 12.2. The van der Waals surface area contributed by atoms with E-state index in [1.807, 2.05) is 12.1 Å². The number of hydrogen-bond acceptors (Lipinski definition) is 4. The molecule has 1 heterocycles. The molecule has 17 heavy (non-hydrogen) atoms. The highest BCUT2D eigenvalue weighted by atomic mass is 16.5. The van der Waals surface area contributed by atoms with E-state index in [0.29, 0.717) is 5.92 Å². The van der Waals surface area contributed by atoms with Gasteiger partial charge in [0.1, 0.15) is 11.5 Å². The summed E-state index contributed by atoms with van der Waals surface area (Å²) in [4.78, 5) is 2.25. The third-order valence-electron chi connectivity index (χ3n) is 3.39. The lowest BCUT2D eigenvalue weighted by Crippen LogP contribution is -2.28. The van der Waals surface area contributed by atoms with Gasteiger partial charge in [0.15, 0.2) is 0 Å². The quantitative estimate of drug-likeness (QED) is 0.852. The summed E-state index contributed by atoms with van der Waals surface area (Å²) in [5.74, 6) is 2.01. The number of hydrogen-bond donors (Lipinski definition) is 1. The Balaban J connectivity index is 2.31. The molecule has 1 aromatic carbocycles. The predicted molar refractivity (Wildman–Crippen MR) is 67.8 cm³/mol. The molecule has 1 fully saturated rings. The fraction of sp³-hybridized carbons (Fsp3) is 0.538. The molecule has 1 aromatic rings. The molecular formula is C13H20N2O2. The van der Waals surface area contributed by atoms with Crippen molar-refractivity contribution in [3.8, 4) is 11.5 Å². The van der Waals surface area contributed by atoms with Crippen LogP contribution in [0.3, 0.4) is 0 Å². The van der Waals surface area contributed by atoms with Crippen LogP contribution in [0.4, 0.5) is 0 Å². The van der Waals surface area contributed by atoms with Crippen molar-refractivity contribution in [3.63, 3.8) is 0 Å². The number of nitrogens with zero attached hydrogens (tertiary/aromatic N) is 1. The highest BCUT2D eigenvalue weighted by Crippen LogP contribution is 2.34. The third-order valence-corrected chi connectivity index (χ3v) is 3.39. The van der Waals surface area contributed by atoms with Crippen LogP contribution in [0.2, 0.25) is 0 Å². The van der Waals surface area contributed by atoms with Gasteiger partial charge in [-0.1, -0.05) is 6.07 Å². The van der Waals surface area contributed by atoms with Gasteiger partial charge in [0.25, 0.3) is 0 Å². The van der Waals surface area contributed by atoms with E-state index in [1.165, 1.54) is 5.56 Å². The van der Waals surface area contributed by atoms with Gasteiger partial charge in [-0.3, -0.25) is 0 Å². The molecule has 0 saturated carbocycles. The first-order chi connectivity index (χ1) is 8.15. The number of benzene rings is 1. The molecular weight excluding hydrogens is 216 g/mol. The summed E-state index contributed by atoms with van der Waals surface area (Å²) in [7, 11) is 5.43. The van der Waals surface area contributed by atoms with Crippen molar-refractivity contribution in [3.05, 3.63) is 23.8 Å². The van der Waals surface area contributed by atoms with Gasteiger partial charge in [-0.25, -0.2) is 0 Å². The molecule has 0 radical (unpaired) electrons. The van der Waals surface area contributed by atoms with Gasteiger partial charge in [0, 0.05) is 36.7 Å². The molecule has 1 aliphatic heterocycles. The lowest BCUT2D eigenvalue weighted by molar-refractivity contribution is 0.384. The second kappa shape index (κ2) is 4.94. The van der Waals surface area contributed by atoms with E-state index in [-0.39, 0.29) is 6.04 Å². The first-order valence-electron chi connectivity index (χ1n) is 5.81. The molecule has 2 rings (SSSR count). The highest BCUT2D eigenvalue weighted by Gasteiger charge is 2.31. The summed E-state index contributed by atoms with van der Waals surface area (Å²) in [6.45, 7) is 1.91. The molecule has 0 unspecified atom stereocenters. The molecule has 0 aromatic heterocycles. The van der Waals surface area contributed by atoms with Crippen molar-refractivity contribution in [1.82, 2.24) is 4.90 Å². The summed E-state index contributed by atoms with van der Waals surface area (Å²) in [5, 5.41) is 0. The Morgan fingerprint density at radius 3 is 2.53 bits per heavy atom. The van der Waals surface area contributed by atoms with Crippen LogP contribution in [0, 0.1) is 0 Å². The zero-order valence-electron chi connectivity index (χ0n) is 10.6. The molecule has 2 atom stereocenters. The van der Waals surface area contributed by atoms with E-state index >= 15 is 0 Å². The molecule has 0 aliphatic carbocycles. The van der Waals surface area contributed by atoms with Crippen LogP contribution in [0.15, 0.2) is 18.2 Å². The van der Waals surface area contributed by atoms with E-state index < -0.39 is 0 Å². The summed E-state index contributed by atoms with van der Waals surface area (Å²) in [5.41, 5.74) is 7.34. The van der Waals surface area contributed by atoms with Gasteiger partial charge in [0.2, 0.25) is 0 Å². The molecule has 0 spiro atoms. The van der Waals surface area contributed by atoms with Gasteiger partial charge >= 0.3 is 0 Å². The Morgan fingerprint density at radius 2 is 2.00 bits per heavy atom. The fourth-order valence-corrected chi connectivity index (χ4v) is 2.49. The minimum atomic E-state index is 0.169. The number of ether oxygens (including phenoxy) is 2. The lowest BCUT2D eigenvalue weighted by Gasteiger charge is -2.18. The Morgan fingerprint density at radius 1 is 1.24 bits per heavy atom. The summed E-state index contributed by atoms with van der Waals surface area (Å²) < 4.78 is 10.6. The maximum Gasteiger partial charge on any atom is 0.126 e. The monoisotopic (exact) mass is 236 g/mol. The maximum atomic E-state index is 6.17. The molecule has 2 N–H and O–H groups in total. The number of likely N-dealkylation sites (N-methyl/N-ethyl adjacent to an activating group) is 1. The number of likely N-dealkylation sites (tertiary alicyclic amines) is 1. The van der Waals surface area contributed by atoms with Crippen LogP contribution in [0.1, 0.15) is 11.5 Å². The molecule has 94 valence electrons. The van der Waals surface area contributed by atoms with Crippen LogP contribution < -0.4 is 15.2 Å². The topological polar surface area (TPSA) is 47.7 Å². The van der Waals surface area contributed by atoms with Crippen molar-refractivity contribution in [2.45, 2.75) is 12.0 Å². The molecule has 1 aliphatic rings. The van der Waals surface area contributed by atoms with Crippen LogP contribution in [0.25, 0.3) is 0 Å². The smallest absolute Gasteiger partial charge is 0.126 e. The number of methoxy groups -OCH3 is 2. The zero-order chi connectivity index (χ0) is 12.4. The Hall–Kier alpha value is -1.26. The van der Waals surface area contributed by atoms with E-state index in [1.54, 1.807) is 14.2 Å². The van der Waals surface area contributed by atoms with Crippen LogP contribution in [-0.2, 0) is 0 Å². The highest BCUT2D eigenvalue weighted by molar-refractivity contribution is 5.44. The van der Waals surface area contributed by atoms with E-state index in [0.717, 1.165) is 24.6 Å². The van der Waals surface area contributed by atoms with Crippen molar-refractivity contribution >= 4 is 0 Å². The Labute approximate surface area is 102 Å². The SMILES string of the molecule is COc1ccc([C@H]2CN(C)C[C@@H]2N)c(OC)c1. The number of rotatable bonds is 3. The van der Waals surface area contributed by atoms with E-state index in [2.05, 4.69) is 18.0 Å². The van der Waals surface area contributed by atoms with Gasteiger partial charge in [-0.15, -0.1) is 0 Å². The standard InChI is InChI=1S/C13H20N2O2/c1-15-7-11(12(14)8-15)10-5-4-9(16-2)6-13(10)17-3/h4-6,11-12H,7-8,14H2,1-3H3/t11-,12+/m1/s1. The van der Waals surface area contributed by atoms with E-state index in [4.69, 9.17) is 15.2 Å². The van der Waals surface area contributed by atoms with Crippen LogP contribution in [-0.4, -0.2) is 45.3 Å². The van der Waals surface area contributed by atoms with E-state index in [9.17, 15) is 0 Å². The van der Waals surface area contributed by atoms with Gasteiger partial charge in [0.05, 0.1) is 14.2 Å². The minimum absolute atomic E-state index is 0.169. The summed E-state index contributed by atoms with van der Waals surface area (Å²) in [6, 6.07) is 6.10. The third kappa shape index (κ3) is 2.37. The van der Waals surface area contributed by atoms with Gasteiger partial charge < -0.3 is 20.1 Å². The van der Waals surface area contributed by atoms with Crippen LogP contribution >= 0.6 is 0 Å². The summed E-state index contributed by atoms with van der Waals surface area (Å²) in [6.07, 6.45) is 0. The largest absolute Gasteiger partial charge is 0.497 e. The molecule has 1 saturated heterocycles. The first-order valence-corrected chi connectivity index (χ1v) is 5.81. The predicted octanol–water partition coefficient (Wildman–Crippen LogP) is 1.06. The second-order valence-electron chi connectivity index (χ2n) is 4.60. The van der Waals surface area contributed by atoms with Crippen molar-refractivity contribution in [2.24, 2.45) is 5.73 Å². The Bertz CT molecular complexity index is 395. The average molecular weight is 236 g/mol. The van der Waals surface area contributed by atoms with Gasteiger partial charge in [-0.2, -0.15) is 0 Å². The zero-order valence-corrected chi connectivity index (χ0v) is 10.6. The molecule has 4 nitrogen and oxygen atoms in total. The maximum absolute atomic E-state index is 6.17. The Kier molecular flexibility index (Phi) is 3.54. The minimum Gasteiger partial charge on any atom is -0.497 e. The second-order valence-corrected chi connectivity index (χ2v) is 4.60. The van der Waals surface area contributed by atoms with Crippen LogP contribution in [0.5, 0.6) is 11.5 Å². The average Bonchev–Trinajstić information content (AvgIpc) is 2.67. The van der Waals surface area contributed by atoms with Gasteiger partial charge in [-0.05, 0) is 13.1 Å². The fourth-order valence-electron chi connectivity index (χ4n) is 2.49. The van der Waals surface area contributed by atoms with Crippen molar-refractivity contribution < 1.29 is 9.47 Å². The van der Waals surface area contributed by atoms with Crippen molar-refractivity contribution in [2.75, 3.05) is 34.4 Å².